The molecule has 2 fully saturated rings. The maximum absolute atomic E-state index is 12.3. The lowest BCUT2D eigenvalue weighted by molar-refractivity contribution is -0.134. The Labute approximate surface area is 136 Å². The maximum Gasteiger partial charge on any atom is 0.260 e. The van der Waals surface area contributed by atoms with Crippen LogP contribution in [0.1, 0.15) is 25.7 Å². The van der Waals surface area contributed by atoms with Crippen molar-refractivity contribution in [3.8, 4) is 5.75 Å². The molecule has 0 saturated carbocycles. The third-order valence-corrected chi connectivity index (χ3v) is 4.53. The summed E-state index contributed by atoms with van der Waals surface area (Å²) < 4.78 is 5.64. The molecule has 3 rings (SSSR count). The number of likely N-dealkylation sites (tertiary alicyclic amines) is 1. The molecule has 6 nitrogen and oxygen atoms in total. The molecule has 1 unspecified atom stereocenters. The molecule has 0 aromatic heterocycles. The summed E-state index contributed by atoms with van der Waals surface area (Å²) in [4.78, 5) is 27.6. The van der Waals surface area contributed by atoms with E-state index in [0.29, 0.717) is 18.7 Å². The van der Waals surface area contributed by atoms with Crippen molar-refractivity contribution in [3.63, 3.8) is 0 Å². The van der Waals surface area contributed by atoms with Gasteiger partial charge < -0.3 is 20.3 Å². The Hall–Kier alpha value is -2.08. The Balaban J connectivity index is 1.60. The molecule has 6 heteroatoms. The van der Waals surface area contributed by atoms with Gasteiger partial charge in [-0.05, 0) is 31.4 Å². The molecule has 1 aromatic rings. The zero-order valence-electron chi connectivity index (χ0n) is 13.2. The van der Waals surface area contributed by atoms with Crippen LogP contribution in [-0.2, 0) is 9.59 Å². The second-order valence-corrected chi connectivity index (χ2v) is 6.05. The summed E-state index contributed by atoms with van der Waals surface area (Å²) in [5.74, 6) is 0.723. The zero-order chi connectivity index (χ0) is 16.2. The molecule has 1 atom stereocenters. The van der Waals surface area contributed by atoms with E-state index in [-0.39, 0.29) is 24.5 Å². The number of anilines is 1. The lowest BCUT2D eigenvalue weighted by Crippen LogP contribution is -2.42. The molecule has 1 aromatic carbocycles. The molecule has 2 saturated heterocycles. The summed E-state index contributed by atoms with van der Waals surface area (Å²) in [6.45, 7) is 2.01. The van der Waals surface area contributed by atoms with Gasteiger partial charge in [0.2, 0.25) is 5.91 Å². The van der Waals surface area contributed by atoms with Gasteiger partial charge in [0.25, 0.3) is 5.91 Å². The van der Waals surface area contributed by atoms with Crippen LogP contribution in [0.3, 0.4) is 0 Å². The number of rotatable bonds is 5. The van der Waals surface area contributed by atoms with Crippen molar-refractivity contribution in [1.29, 1.82) is 0 Å². The van der Waals surface area contributed by atoms with Crippen molar-refractivity contribution in [3.05, 3.63) is 24.3 Å². The summed E-state index contributed by atoms with van der Waals surface area (Å²) in [5.41, 5.74) is 6.53. The van der Waals surface area contributed by atoms with Gasteiger partial charge in [-0.15, -0.1) is 0 Å². The molecule has 0 spiro atoms. The number of ether oxygens (including phenoxy) is 1. The summed E-state index contributed by atoms with van der Waals surface area (Å²) in [6, 6.07) is 7.50. The van der Waals surface area contributed by atoms with Crippen molar-refractivity contribution in [2.24, 2.45) is 5.73 Å². The van der Waals surface area contributed by atoms with Crippen LogP contribution in [-0.4, -0.2) is 49.0 Å². The normalized spacial score (nSPS) is 21.1. The molecule has 0 aliphatic carbocycles. The van der Waals surface area contributed by atoms with Gasteiger partial charge in [-0.1, -0.05) is 6.07 Å². The summed E-state index contributed by atoms with van der Waals surface area (Å²) in [7, 11) is 0. The van der Waals surface area contributed by atoms with Crippen molar-refractivity contribution < 1.29 is 14.3 Å². The highest BCUT2D eigenvalue weighted by molar-refractivity contribution is 5.95. The average Bonchev–Trinajstić information content (AvgIpc) is 3.21. The molecule has 2 aliphatic heterocycles. The number of hydrogen-bond donors (Lipinski definition) is 1. The Kier molecular flexibility index (Phi) is 4.81. The quantitative estimate of drug-likeness (QED) is 0.883. The predicted octanol–water partition coefficient (Wildman–Crippen LogP) is 1.14. The van der Waals surface area contributed by atoms with Gasteiger partial charge in [0, 0.05) is 43.9 Å². The van der Waals surface area contributed by atoms with Gasteiger partial charge in [0.1, 0.15) is 5.75 Å². The van der Waals surface area contributed by atoms with Crippen molar-refractivity contribution in [2.75, 3.05) is 31.1 Å². The van der Waals surface area contributed by atoms with E-state index in [9.17, 15) is 9.59 Å². The number of carbonyl (C=O) groups excluding carboxylic acids is 2. The van der Waals surface area contributed by atoms with Crippen LogP contribution >= 0.6 is 0 Å². The van der Waals surface area contributed by atoms with Gasteiger partial charge in [-0.3, -0.25) is 9.59 Å². The number of benzene rings is 1. The van der Waals surface area contributed by atoms with Crippen molar-refractivity contribution in [1.82, 2.24) is 4.90 Å². The fourth-order valence-corrected chi connectivity index (χ4v) is 3.30. The molecule has 0 bridgehead atoms. The van der Waals surface area contributed by atoms with Gasteiger partial charge in [0.15, 0.2) is 6.61 Å². The van der Waals surface area contributed by atoms with E-state index in [0.717, 1.165) is 38.0 Å². The van der Waals surface area contributed by atoms with Gasteiger partial charge >= 0.3 is 0 Å². The third kappa shape index (κ3) is 3.47. The summed E-state index contributed by atoms with van der Waals surface area (Å²) in [5, 5.41) is 0. The number of nitrogens with zero attached hydrogens (tertiary/aromatic N) is 2. The van der Waals surface area contributed by atoms with Crippen LogP contribution in [0.25, 0.3) is 0 Å². The minimum atomic E-state index is -0.0272. The highest BCUT2D eigenvalue weighted by atomic mass is 16.5. The fourth-order valence-electron chi connectivity index (χ4n) is 3.30. The molecule has 2 aliphatic rings. The number of carbonyl (C=O) groups is 2. The van der Waals surface area contributed by atoms with Crippen LogP contribution in [0.15, 0.2) is 24.3 Å². The summed E-state index contributed by atoms with van der Waals surface area (Å²) in [6.07, 6.45) is 3.45. The van der Waals surface area contributed by atoms with E-state index in [2.05, 4.69) is 0 Å². The molecule has 2 N–H and O–H groups in total. The van der Waals surface area contributed by atoms with Crippen LogP contribution in [0.2, 0.25) is 0 Å². The van der Waals surface area contributed by atoms with E-state index in [1.165, 1.54) is 0 Å². The SMILES string of the molecule is NCC1CCCN1C(=O)COc1cccc(N2CCCC2=O)c1. The predicted molar refractivity (Wildman–Crippen MR) is 87.3 cm³/mol. The van der Waals surface area contributed by atoms with E-state index in [1.807, 2.05) is 29.2 Å². The van der Waals surface area contributed by atoms with E-state index in [1.54, 1.807) is 4.90 Å². The van der Waals surface area contributed by atoms with Gasteiger partial charge in [-0.2, -0.15) is 0 Å². The number of hydrogen-bond acceptors (Lipinski definition) is 4. The average molecular weight is 317 g/mol. The lowest BCUT2D eigenvalue weighted by Gasteiger charge is -2.23. The monoisotopic (exact) mass is 317 g/mol. The van der Waals surface area contributed by atoms with Crippen LogP contribution in [0.4, 0.5) is 5.69 Å². The standard InChI is InChI=1S/C17H23N3O3/c18-11-14-5-2-8-20(14)17(22)12-23-15-6-1-4-13(10-15)19-9-3-7-16(19)21/h1,4,6,10,14H,2-3,5,7-9,11-12,18H2. The minimum absolute atomic E-state index is 0.00784. The molecular weight excluding hydrogens is 294 g/mol. The largest absolute Gasteiger partial charge is 0.484 e. The first kappa shape index (κ1) is 15.8. The van der Waals surface area contributed by atoms with Crippen molar-refractivity contribution in [2.45, 2.75) is 31.7 Å². The van der Waals surface area contributed by atoms with Crippen molar-refractivity contribution >= 4 is 17.5 Å². The molecule has 2 heterocycles. The Bertz CT molecular complexity index is 590. The molecular formula is C17H23N3O3. The summed E-state index contributed by atoms with van der Waals surface area (Å²) >= 11 is 0. The fraction of sp³-hybridized carbons (Fsp3) is 0.529. The highest BCUT2D eigenvalue weighted by Gasteiger charge is 2.27. The molecule has 2 amide bonds. The van der Waals surface area contributed by atoms with E-state index < -0.39 is 0 Å². The van der Waals surface area contributed by atoms with Crippen LogP contribution in [0, 0.1) is 0 Å². The van der Waals surface area contributed by atoms with Gasteiger partial charge in [-0.25, -0.2) is 0 Å². The Morgan fingerprint density at radius 3 is 2.91 bits per heavy atom. The first-order valence-electron chi connectivity index (χ1n) is 8.22. The Morgan fingerprint density at radius 1 is 1.30 bits per heavy atom. The molecule has 124 valence electrons. The molecule has 0 radical (unpaired) electrons. The first-order chi connectivity index (χ1) is 11.2. The Morgan fingerprint density at radius 2 is 2.17 bits per heavy atom. The number of amides is 2. The van der Waals surface area contributed by atoms with E-state index in [4.69, 9.17) is 10.5 Å². The topological polar surface area (TPSA) is 75.9 Å². The molecule has 23 heavy (non-hydrogen) atoms. The third-order valence-electron chi connectivity index (χ3n) is 4.53. The van der Waals surface area contributed by atoms with Crippen LogP contribution in [0.5, 0.6) is 5.75 Å². The maximum atomic E-state index is 12.3. The lowest BCUT2D eigenvalue weighted by atomic mass is 10.2. The second-order valence-electron chi connectivity index (χ2n) is 6.05. The van der Waals surface area contributed by atoms with Crippen LogP contribution < -0.4 is 15.4 Å². The van der Waals surface area contributed by atoms with E-state index >= 15 is 0 Å². The highest BCUT2D eigenvalue weighted by Crippen LogP contribution is 2.25. The zero-order valence-corrected chi connectivity index (χ0v) is 13.2. The first-order valence-corrected chi connectivity index (χ1v) is 8.22. The number of nitrogens with two attached hydrogens (primary N) is 1. The second kappa shape index (κ2) is 7.00. The smallest absolute Gasteiger partial charge is 0.260 e. The van der Waals surface area contributed by atoms with Gasteiger partial charge in [0.05, 0.1) is 0 Å². The minimum Gasteiger partial charge on any atom is -0.484 e.